The Morgan fingerprint density at radius 3 is 2.69 bits per heavy atom. The van der Waals surface area contributed by atoms with Gasteiger partial charge in [0.2, 0.25) is 0 Å². The molecule has 0 radical (unpaired) electrons. The van der Waals surface area contributed by atoms with Gasteiger partial charge in [-0.05, 0) is 33.8 Å². The lowest BCUT2D eigenvalue weighted by Crippen LogP contribution is -2.27. The molecule has 16 heavy (non-hydrogen) atoms. The largest absolute Gasteiger partial charge is 0.444 e. The molecule has 1 aromatic heterocycles. The van der Waals surface area contributed by atoms with Crippen LogP contribution in [0.25, 0.3) is 0 Å². The molecule has 88 valence electrons. The summed E-state index contributed by atoms with van der Waals surface area (Å²) in [5, 5.41) is 2.33. The molecule has 0 saturated carbocycles. The van der Waals surface area contributed by atoms with Crippen LogP contribution in [0.3, 0.4) is 0 Å². The summed E-state index contributed by atoms with van der Waals surface area (Å²) in [5.41, 5.74) is -0.307. The van der Waals surface area contributed by atoms with Crippen molar-refractivity contribution < 1.29 is 13.9 Å². The first-order valence-electron chi connectivity index (χ1n) is 4.91. The molecule has 0 aliphatic rings. The normalized spacial score (nSPS) is 11.1. The number of halogens is 1. The Kier molecular flexibility index (Phi) is 3.47. The Morgan fingerprint density at radius 1 is 1.50 bits per heavy atom. The van der Waals surface area contributed by atoms with E-state index < -0.39 is 17.5 Å². The molecule has 0 aromatic carbocycles. The number of nitrogens with zero attached hydrogens (tertiary/aromatic N) is 1. The number of hydrogen-bond acceptors (Lipinski definition) is 3. The van der Waals surface area contributed by atoms with E-state index in [0.29, 0.717) is 0 Å². The highest BCUT2D eigenvalue weighted by atomic mass is 19.1. The van der Waals surface area contributed by atoms with Crippen molar-refractivity contribution in [2.75, 3.05) is 5.32 Å². The number of hydrogen-bond donors (Lipinski definition) is 1. The second-order valence-corrected chi connectivity index (χ2v) is 4.38. The molecule has 1 heterocycles. The Morgan fingerprint density at radius 2 is 2.12 bits per heavy atom. The van der Waals surface area contributed by atoms with E-state index in [1.54, 1.807) is 20.8 Å². The highest BCUT2D eigenvalue weighted by Crippen LogP contribution is 2.16. The minimum Gasteiger partial charge on any atom is -0.444 e. The minimum absolute atomic E-state index is 0.0711. The average molecular weight is 226 g/mol. The molecule has 0 spiro atoms. The smallest absolute Gasteiger partial charge is 0.412 e. The summed E-state index contributed by atoms with van der Waals surface area (Å²) < 4.78 is 18.5. The van der Waals surface area contributed by atoms with E-state index >= 15 is 0 Å². The van der Waals surface area contributed by atoms with Crippen LogP contribution in [0.5, 0.6) is 0 Å². The zero-order valence-corrected chi connectivity index (χ0v) is 9.80. The van der Waals surface area contributed by atoms with Crippen LogP contribution < -0.4 is 5.32 Å². The maximum Gasteiger partial charge on any atom is 0.412 e. The number of nitrogens with one attached hydrogen (secondary N) is 1. The lowest BCUT2D eigenvalue weighted by atomic mass is 10.2. The van der Waals surface area contributed by atoms with Crippen molar-refractivity contribution in [3.63, 3.8) is 0 Å². The van der Waals surface area contributed by atoms with Gasteiger partial charge in [0.1, 0.15) is 5.60 Å². The first-order valence-corrected chi connectivity index (χ1v) is 4.91. The lowest BCUT2D eigenvalue weighted by Gasteiger charge is -2.19. The highest BCUT2D eigenvalue weighted by molar-refractivity contribution is 5.85. The second kappa shape index (κ2) is 4.47. The Bertz CT molecular complexity index is 399. The summed E-state index contributed by atoms with van der Waals surface area (Å²) >= 11 is 0. The van der Waals surface area contributed by atoms with Crippen molar-refractivity contribution in [3.05, 3.63) is 23.8 Å². The highest BCUT2D eigenvalue weighted by Gasteiger charge is 2.17. The van der Waals surface area contributed by atoms with Crippen LogP contribution in [-0.4, -0.2) is 16.7 Å². The number of pyridine rings is 1. The molecule has 0 aliphatic carbocycles. The molecule has 4 nitrogen and oxygen atoms in total. The van der Waals surface area contributed by atoms with Crippen LogP contribution in [0, 0.1) is 12.7 Å². The van der Waals surface area contributed by atoms with Gasteiger partial charge in [-0.3, -0.25) is 10.3 Å². The third kappa shape index (κ3) is 3.49. The topological polar surface area (TPSA) is 51.2 Å². The van der Waals surface area contributed by atoms with E-state index in [4.69, 9.17) is 4.74 Å². The number of ether oxygens (including phenoxy) is 1. The second-order valence-electron chi connectivity index (χ2n) is 4.38. The van der Waals surface area contributed by atoms with E-state index in [1.165, 1.54) is 19.2 Å². The van der Waals surface area contributed by atoms with Crippen LogP contribution in [-0.2, 0) is 4.74 Å². The van der Waals surface area contributed by atoms with Crippen LogP contribution in [0.15, 0.2) is 12.3 Å². The van der Waals surface area contributed by atoms with Crippen LogP contribution in [0.4, 0.5) is 14.9 Å². The fourth-order valence-corrected chi connectivity index (χ4v) is 1.06. The summed E-state index contributed by atoms with van der Waals surface area (Å²) in [7, 11) is 0. The van der Waals surface area contributed by atoms with Crippen molar-refractivity contribution in [1.29, 1.82) is 0 Å². The van der Waals surface area contributed by atoms with Crippen molar-refractivity contribution in [2.45, 2.75) is 33.3 Å². The number of aromatic nitrogens is 1. The van der Waals surface area contributed by atoms with E-state index in [2.05, 4.69) is 10.3 Å². The Hall–Kier alpha value is -1.65. The first-order chi connectivity index (χ1) is 7.29. The van der Waals surface area contributed by atoms with Crippen molar-refractivity contribution >= 4 is 11.8 Å². The van der Waals surface area contributed by atoms with Gasteiger partial charge in [-0.15, -0.1) is 0 Å². The standard InChI is InChI=1S/C11H15FN2O2/c1-7-9(12)8(5-6-13-7)14-10(15)16-11(2,3)4/h5-6H,1-4H3,(H,13,14,15). The van der Waals surface area contributed by atoms with Gasteiger partial charge in [0.25, 0.3) is 0 Å². The van der Waals surface area contributed by atoms with Crippen molar-refractivity contribution in [3.8, 4) is 0 Å². The summed E-state index contributed by atoms with van der Waals surface area (Å²) in [6, 6.07) is 1.38. The molecular formula is C11H15FN2O2. The van der Waals surface area contributed by atoms with Gasteiger partial charge in [0, 0.05) is 6.20 Å². The van der Waals surface area contributed by atoms with Gasteiger partial charge in [-0.2, -0.15) is 0 Å². The minimum atomic E-state index is -0.683. The molecule has 1 aromatic rings. The number of carbonyl (C=O) groups is 1. The van der Waals surface area contributed by atoms with Gasteiger partial charge in [-0.1, -0.05) is 0 Å². The van der Waals surface area contributed by atoms with E-state index in [1.807, 2.05) is 0 Å². The molecule has 1 N–H and O–H groups in total. The number of carbonyl (C=O) groups excluding carboxylic acids is 1. The molecule has 0 fully saturated rings. The van der Waals surface area contributed by atoms with Crippen LogP contribution in [0.2, 0.25) is 0 Å². The van der Waals surface area contributed by atoms with Gasteiger partial charge >= 0.3 is 6.09 Å². The Balaban J connectivity index is 2.74. The summed E-state index contributed by atoms with van der Waals surface area (Å²) in [5.74, 6) is -0.548. The molecule has 1 rings (SSSR count). The number of rotatable bonds is 1. The van der Waals surface area contributed by atoms with Crippen LogP contribution >= 0.6 is 0 Å². The van der Waals surface area contributed by atoms with Crippen LogP contribution in [0.1, 0.15) is 26.5 Å². The molecular weight excluding hydrogens is 211 g/mol. The zero-order chi connectivity index (χ0) is 12.3. The predicted molar refractivity (Wildman–Crippen MR) is 58.8 cm³/mol. The zero-order valence-electron chi connectivity index (χ0n) is 9.80. The van der Waals surface area contributed by atoms with E-state index in [-0.39, 0.29) is 11.4 Å². The monoisotopic (exact) mass is 226 g/mol. The fraction of sp³-hybridized carbons (Fsp3) is 0.455. The first kappa shape index (κ1) is 12.4. The molecule has 0 aliphatic heterocycles. The van der Waals surface area contributed by atoms with E-state index in [9.17, 15) is 9.18 Å². The number of anilines is 1. The summed E-state index contributed by atoms with van der Waals surface area (Å²) in [6.45, 7) is 6.73. The van der Waals surface area contributed by atoms with Crippen molar-refractivity contribution in [1.82, 2.24) is 4.98 Å². The predicted octanol–water partition coefficient (Wildman–Crippen LogP) is 2.88. The third-order valence-corrected chi connectivity index (χ3v) is 1.70. The molecule has 1 amide bonds. The maximum absolute atomic E-state index is 13.5. The van der Waals surface area contributed by atoms with Gasteiger partial charge in [0.05, 0.1) is 11.4 Å². The Labute approximate surface area is 93.8 Å². The molecule has 0 saturated heterocycles. The quantitative estimate of drug-likeness (QED) is 0.801. The summed E-state index contributed by atoms with van der Waals surface area (Å²) in [6.07, 6.45) is 0.738. The number of amides is 1. The third-order valence-electron chi connectivity index (χ3n) is 1.70. The molecule has 5 heteroatoms. The fourth-order valence-electron chi connectivity index (χ4n) is 1.06. The summed E-state index contributed by atoms with van der Waals surface area (Å²) in [4.78, 5) is 15.1. The van der Waals surface area contributed by atoms with Crippen molar-refractivity contribution in [2.24, 2.45) is 0 Å². The SMILES string of the molecule is Cc1nccc(NC(=O)OC(C)(C)C)c1F. The molecule has 0 atom stereocenters. The average Bonchev–Trinajstić information content (AvgIpc) is 2.09. The van der Waals surface area contributed by atoms with Gasteiger partial charge in [0.15, 0.2) is 5.82 Å². The van der Waals surface area contributed by atoms with Gasteiger partial charge in [-0.25, -0.2) is 9.18 Å². The molecule has 0 unspecified atom stereocenters. The lowest BCUT2D eigenvalue weighted by molar-refractivity contribution is 0.0635. The van der Waals surface area contributed by atoms with E-state index in [0.717, 1.165) is 0 Å². The molecule has 0 bridgehead atoms. The van der Waals surface area contributed by atoms with Gasteiger partial charge < -0.3 is 4.74 Å². The maximum atomic E-state index is 13.5. The number of aryl methyl sites for hydroxylation is 1.